The van der Waals surface area contributed by atoms with Crippen molar-refractivity contribution >= 4 is 5.91 Å². The normalized spacial score (nSPS) is 24.8. The number of aliphatic hydroxyl groups is 1. The van der Waals surface area contributed by atoms with E-state index in [2.05, 4.69) is 0 Å². The fourth-order valence-electron chi connectivity index (χ4n) is 1.48. The van der Waals surface area contributed by atoms with Gasteiger partial charge < -0.3 is 15.7 Å². The summed E-state index contributed by atoms with van der Waals surface area (Å²) in [6.45, 7) is 3.09. The lowest BCUT2D eigenvalue weighted by molar-refractivity contribution is -0.130. The zero-order chi connectivity index (χ0) is 9.84. The number of hydrogen-bond donors (Lipinski definition) is 2. The Bertz CT molecular complexity index is 182. The maximum Gasteiger partial charge on any atom is 0.222 e. The Morgan fingerprint density at radius 2 is 2.46 bits per heavy atom. The number of aliphatic hydroxyl groups excluding tert-OH is 1. The summed E-state index contributed by atoms with van der Waals surface area (Å²) in [6.07, 6.45) is 1.62. The van der Waals surface area contributed by atoms with Crippen LogP contribution in [0.4, 0.5) is 0 Å². The van der Waals surface area contributed by atoms with Crippen molar-refractivity contribution in [3.8, 4) is 0 Å². The fourth-order valence-corrected chi connectivity index (χ4v) is 1.48. The van der Waals surface area contributed by atoms with E-state index in [1.54, 1.807) is 4.90 Å². The van der Waals surface area contributed by atoms with Gasteiger partial charge in [0.1, 0.15) is 0 Å². The van der Waals surface area contributed by atoms with Crippen molar-refractivity contribution in [2.24, 2.45) is 5.73 Å². The summed E-state index contributed by atoms with van der Waals surface area (Å²) in [5.41, 5.74) is 5.55. The molecule has 1 heterocycles. The smallest absolute Gasteiger partial charge is 0.222 e. The molecule has 1 aliphatic heterocycles. The summed E-state index contributed by atoms with van der Waals surface area (Å²) in [5.74, 6) is 0.119. The molecule has 1 aliphatic rings. The summed E-state index contributed by atoms with van der Waals surface area (Å²) in [4.78, 5) is 13.2. The minimum absolute atomic E-state index is 0.0801. The SMILES string of the molecule is CC(N)CCC(=O)N1CC[C@H](O)C1. The molecule has 1 fully saturated rings. The molecular formula is C9H18N2O2. The van der Waals surface area contributed by atoms with Gasteiger partial charge in [-0.25, -0.2) is 0 Å². The van der Waals surface area contributed by atoms with Crippen LogP contribution in [0, 0.1) is 0 Å². The number of nitrogens with two attached hydrogens (primary N) is 1. The molecule has 0 bridgehead atoms. The van der Waals surface area contributed by atoms with Crippen LogP contribution >= 0.6 is 0 Å². The molecular weight excluding hydrogens is 168 g/mol. The molecule has 0 aromatic rings. The first-order valence-corrected chi connectivity index (χ1v) is 4.81. The Balaban J connectivity index is 2.24. The van der Waals surface area contributed by atoms with Crippen molar-refractivity contribution in [3.05, 3.63) is 0 Å². The highest BCUT2D eigenvalue weighted by molar-refractivity contribution is 5.76. The number of amides is 1. The van der Waals surface area contributed by atoms with Crippen LogP contribution in [0.25, 0.3) is 0 Å². The quantitative estimate of drug-likeness (QED) is 0.636. The topological polar surface area (TPSA) is 66.6 Å². The third-order valence-corrected chi connectivity index (χ3v) is 2.33. The van der Waals surface area contributed by atoms with Gasteiger partial charge in [-0.1, -0.05) is 0 Å². The van der Waals surface area contributed by atoms with Crippen molar-refractivity contribution < 1.29 is 9.90 Å². The van der Waals surface area contributed by atoms with Crippen molar-refractivity contribution in [3.63, 3.8) is 0 Å². The first-order chi connectivity index (χ1) is 6.09. The standard InChI is InChI=1S/C9H18N2O2/c1-7(10)2-3-9(13)11-5-4-8(12)6-11/h7-8,12H,2-6,10H2,1H3/t7?,8-/m0/s1. The monoisotopic (exact) mass is 186 g/mol. The number of rotatable bonds is 3. The molecule has 1 unspecified atom stereocenters. The van der Waals surface area contributed by atoms with Crippen LogP contribution in [0.5, 0.6) is 0 Å². The summed E-state index contributed by atoms with van der Waals surface area (Å²) in [6, 6.07) is 0.0801. The Morgan fingerprint density at radius 1 is 1.77 bits per heavy atom. The Labute approximate surface area is 78.7 Å². The van der Waals surface area contributed by atoms with Crippen LogP contribution in [0.2, 0.25) is 0 Å². The minimum atomic E-state index is -0.320. The number of β-amino-alcohol motifs (C(OH)–C–C–N with tert-alkyl or cyclic N) is 1. The lowest BCUT2D eigenvalue weighted by Gasteiger charge is -2.15. The molecule has 0 aliphatic carbocycles. The zero-order valence-corrected chi connectivity index (χ0v) is 8.07. The molecule has 0 radical (unpaired) electrons. The van der Waals surface area contributed by atoms with Gasteiger partial charge in [0.2, 0.25) is 5.91 Å². The Hall–Kier alpha value is -0.610. The number of nitrogens with zero attached hydrogens (tertiary/aromatic N) is 1. The molecule has 2 atom stereocenters. The number of hydrogen-bond acceptors (Lipinski definition) is 3. The molecule has 0 aromatic carbocycles. The maximum atomic E-state index is 11.5. The first-order valence-electron chi connectivity index (χ1n) is 4.81. The minimum Gasteiger partial charge on any atom is -0.391 e. The lowest BCUT2D eigenvalue weighted by atomic mass is 10.2. The average Bonchev–Trinajstić information content (AvgIpc) is 2.47. The van der Waals surface area contributed by atoms with Gasteiger partial charge in [0, 0.05) is 25.6 Å². The van der Waals surface area contributed by atoms with Gasteiger partial charge in [-0.2, -0.15) is 0 Å². The van der Waals surface area contributed by atoms with E-state index in [1.807, 2.05) is 6.92 Å². The Morgan fingerprint density at radius 3 is 2.92 bits per heavy atom. The van der Waals surface area contributed by atoms with Crippen molar-refractivity contribution in [2.45, 2.75) is 38.3 Å². The molecule has 76 valence electrons. The second-order valence-electron chi connectivity index (χ2n) is 3.80. The molecule has 4 nitrogen and oxygen atoms in total. The van der Waals surface area contributed by atoms with E-state index in [0.29, 0.717) is 25.9 Å². The maximum absolute atomic E-state index is 11.5. The average molecular weight is 186 g/mol. The highest BCUT2D eigenvalue weighted by Gasteiger charge is 2.23. The van der Waals surface area contributed by atoms with Gasteiger partial charge in [-0.15, -0.1) is 0 Å². The van der Waals surface area contributed by atoms with Crippen LogP contribution in [0.1, 0.15) is 26.2 Å². The molecule has 1 rings (SSSR count). The molecule has 1 saturated heterocycles. The van der Waals surface area contributed by atoms with Gasteiger partial charge in [-0.05, 0) is 19.8 Å². The van der Waals surface area contributed by atoms with Crippen LogP contribution in [-0.2, 0) is 4.79 Å². The van der Waals surface area contributed by atoms with Gasteiger partial charge in [0.05, 0.1) is 6.10 Å². The lowest BCUT2D eigenvalue weighted by Crippen LogP contribution is -2.30. The van der Waals surface area contributed by atoms with Gasteiger partial charge in [0.15, 0.2) is 0 Å². The number of carbonyl (C=O) groups is 1. The van der Waals surface area contributed by atoms with Crippen LogP contribution < -0.4 is 5.73 Å². The predicted octanol–water partition coefficient (Wildman–Crippen LogP) is -0.293. The van der Waals surface area contributed by atoms with Crippen LogP contribution in [-0.4, -0.2) is 41.1 Å². The second-order valence-corrected chi connectivity index (χ2v) is 3.80. The summed E-state index contributed by atoms with van der Waals surface area (Å²) in [7, 11) is 0. The first kappa shape index (κ1) is 10.5. The Kier molecular flexibility index (Phi) is 3.69. The molecule has 0 spiro atoms. The largest absolute Gasteiger partial charge is 0.391 e. The fraction of sp³-hybridized carbons (Fsp3) is 0.889. The van der Waals surface area contributed by atoms with Crippen LogP contribution in [0.15, 0.2) is 0 Å². The van der Waals surface area contributed by atoms with E-state index >= 15 is 0 Å². The molecule has 1 amide bonds. The van der Waals surface area contributed by atoms with E-state index < -0.39 is 0 Å². The van der Waals surface area contributed by atoms with Crippen molar-refractivity contribution in [2.75, 3.05) is 13.1 Å². The summed E-state index contributed by atoms with van der Waals surface area (Å²) < 4.78 is 0. The molecule has 13 heavy (non-hydrogen) atoms. The van der Waals surface area contributed by atoms with Crippen molar-refractivity contribution in [1.82, 2.24) is 4.90 Å². The van der Waals surface area contributed by atoms with E-state index in [9.17, 15) is 9.90 Å². The van der Waals surface area contributed by atoms with Gasteiger partial charge in [0.25, 0.3) is 0 Å². The van der Waals surface area contributed by atoms with E-state index in [0.717, 1.165) is 6.42 Å². The van der Waals surface area contributed by atoms with E-state index in [-0.39, 0.29) is 18.1 Å². The summed E-state index contributed by atoms with van der Waals surface area (Å²) >= 11 is 0. The van der Waals surface area contributed by atoms with E-state index in [1.165, 1.54) is 0 Å². The summed E-state index contributed by atoms with van der Waals surface area (Å²) in [5, 5.41) is 9.21. The number of likely N-dealkylation sites (tertiary alicyclic amines) is 1. The molecule has 0 saturated carbocycles. The highest BCUT2D eigenvalue weighted by atomic mass is 16.3. The second kappa shape index (κ2) is 4.58. The zero-order valence-electron chi connectivity index (χ0n) is 8.07. The molecule has 4 heteroatoms. The van der Waals surface area contributed by atoms with Gasteiger partial charge in [-0.3, -0.25) is 4.79 Å². The highest BCUT2D eigenvalue weighted by Crippen LogP contribution is 2.11. The van der Waals surface area contributed by atoms with E-state index in [4.69, 9.17) is 5.73 Å². The predicted molar refractivity (Wildman–Crippen MR) is 50.1 cm³/mol. The molecule has 3 N–H and O–H groups in total. The van der Waals surface area contributed by atoms with Gasteiger partial charge >= 0.3 is 0 Å². The third kappa shape index (κ3) is 3.32. The molecule has 0 aromatic heterocycles. The van der Waals surface area contributed by atoms with Crippen LogP contribution in [0.3, 0.4) is 0 Å². The van der Waals surface area contributed by atoms with Crippen molar-refractivity contribution in [1.29, 1.82) is 0 Å². The number of carbonyl (C=O) groups excluding carboxylic acids is 1. The third-order valence-electron chi connectivity index (χ3n) is 2.33.